The van der Waals surface area contributed by atoms with Crippen molar-refractivity contribution >= 4 is 5.69 Å². The molecule has 1 fully saturated rings. The van der Waals surface area contributed by atoms with E-state index in [0.717, 1.165) is 19.6 Å². The molecular formula is C14H19NO. The lowest BCUT2D eigenvalue weighted by atomic mass is 10.0. The van der Waals surface area contributed by atoms with E-state index in [4.69, 9.17) is 4.74 Å². The van der Waals surface area contributed by atoms with E-state index >= 15 is 0 Å². The van der Waals surface area contributed by atoms with Crippen LogP contribution in [-0.2, 0) is 17.8 Å². The summed E-state index contributed by atoms with van der Waals surface area (Å²) in [5, 5.41) is 0. The predicted molar refractivity (Wildman–Crippen MR) is 65.9 cm³/mol. The van der Waals surface area contributed by atoms with Crippen LogP contribution in [0.2, 0.25) is 0 Å². The summed E-state index contributed by atoms with van der Waals surface area (Å²) in [4.78, 5) is 2.53. The second-order valence-corrected chi connectivity index (χ2v) is 4.80. The molecule has 0 atom stereocenters. The van der Waals surface area contributed by atoms with Gasteiger partial charge in [-0.1, -0.05) is 6.07 Å². The second kappa shape index (κ2) is 4.46. The Morgan fingerprint density at radius 1 is 1.00 bits per heavy atom. The van der Waals surface area contributed by atoms with Crippen molar-refractivity contribution in [2.24, 2.45) is 0 Å². The summed E-state index contributed by atoms with van der Waals surface area (Å²) < 4.78 is 5.47. The predicted octanol–water partition coefficient (Wildman–Crippen LogP) is 2.75. The monoisotopic (exact) mass is 217 g/mol. The van der Waals surface area contributed by atoms with Crippen LogP contribution in [0.5, 0.6) is 0 Å². The lowest BCUT2D eigenvalue weighted by molar-refractivity contribution is 0.111. The third kappa shape index (κ3) is 1.94. The quantitative estimate of drug-likeness (QED) is 0.717. The summed E-state index contributed by atoms with van der Waals surface area (Å²) >= 11 is 0. The molecule has 0 spiro atoms. The maximum atomic E-state index is 5.47. The number of hydrogen-bond acceptors (Lipinski definition) is 2. The van der Waals surface area contributed by atoms with Crippen LogP contribution in [0.4, 0.5) is 5.69 Å². The van der Waals surface area contributed by atoms with Crippen LogP contribution < -0.4 is 4.90 Å². The van der Waals surface area contributed by atoms with Crippen molar-refractivity contribution in [1.82, 2.24) is 0 Å². The van der Waals surface area contributed by atoms with Crippen LogP contribution in [-0.4, -0.2) is 19.7 Å². The fraction of sp³-hybridized carbons (Fsp3) is 0.571. The molecule has 86 valence electrons. The highest BCUT2D eigenvalue weighted by Gasteiger charge is 2.14. The van der Waals surface area contributed by atoms with E-state index in [0.29, 0.717) is 0 Å². The van der Waals surface area contributed by atoms with Crippen molar-refractivity contribution in [3.8, 4) is 0 Å². The summed E-state index contributed by atoms with van der Waals surface area (Å²) in [5.41, 5.74) is 4.29. The Kier molecular flexibility index (Phi) is 2.83. The molecule has 0 amide bonds. The smallest absolute Gasteiger partial charge is 0.0719 e. The summed E-state index contributed by atoms with van der Waals surface area (Å²) in [6, 6.07) is 6.89. The van der Waals surface area contributed by atoms with E-state index in [1.807, 2.05) is 0 Å². The minimum absolute atomic E-state index is 0.801. The molecule has 2 nitrogen and oxygen atoms in total. The third-order valence-electron chi connectivity index (χ3n) is 3.68. The normalized spacial score (nSPS) is 20.6. The molecule has 16 heavy (non-hydrogen) atoms. The number of piperidine rings is 1. The van der Waals surface area contributed by atoms with Crippen LogP contribution in [0.1, 0.15) is 30.4 Å². The molecule has 0 radical (unpaired) electrons. The van der Waals surface area contributed by atoms with Gasteiger partial charge in [0.25, 0.3) is 0 Å². The molecular weight excluding hydrogens is 198 g/mol. The van der Waals surface area contributed by atoms with Crippen molar-refractivity contribution in [2.75, 3.05) is 24.6 Å². The molecule has 0 saturated carbocycles. The number of benzene rings is 1. The Morgan fingerprint density at radius 3 is 2.75 bits per heavy atom. The van der Waals surface area contributed by atoms with E-state index in [1.54, 1.807) is 0 Å². The molecule has 1 aromatic carbocycles. The zero-order chi connectivity index (χ0) is 10.8. The first kappa shape index (κ1) is 10.2. The molecule has 2 aliphatic heterocycles. The lowest BCUT2D eigenvalue weighted by Crippen LogP contribution is -2.29. The van der Waals surface area contributed by atoms with Crippen molar-refractivity contribution < 1.29 is 4.74 Å². The Labute approximate surface area is 97.2 Å². The topological polar surface area (TPSA) is 12.5 Å². The van der Waals surface area contributed by atoms with E-state index in [2.05, 4.69) is 23.1 Å². The molecule has 0 N–H and O–H groups in total. The number of rotatable bonds is 1. The molecule has 3 rings (SSSR count). The summed E-state index contributed by atoms with van der Waals surface area (Å²) in [7, 11) is 0. The number of ether oxygens (including phenoxy) is 1. The summed E-state index contributed by atoms with van der Waals surface area (Å²) in [6.45, 7) is 4.15. The average molecular weight is 217 g/mol. The van der Waals surface area contributed by atoms with Gasteiger partial charge in [-0.15, -0.1) is 0 Å². The highest BCUT2D eigenvalue weighted by Crippen LogP contribution is 2.25. The van der Waals surface area contributed by atoms with Crippen molar-refractivity contribution in [3.63, 3.8) is 0 Å². The molecule has 0 aliphatic carbocycles. The van der Waals surface area contributed by atoms with Gasteiger partial charge in [0.1, 0.15) is 0 Å². The molecule has 1 aromatic rings. The Hall–Kier alpha value is -1.02. The Morgan fingerprint density at radius 2 is 1.88 bits per heavy atom. The third-order valence-corrected chi connectivity index (χ3v) is 3.68. The first-order chi connectivity index (χ1) is 7.93. The molecule has 2 heteroatoms. The van der Waals surface area contributed by atoms with Gasteiger partial charge in [-0.2, -0.15) is 0 Å². The fourth-order valence-corrected chi connectivity index (χ4v) is 2.70. The van der Waals surface area contributed by atoms with Crippen molar-refractivity contribution in [2.45, 2.75) is 32.3 Å². The molecule has 0 unspecified atom stereocenters. The van der Waals surface area contributed by atoms with Gasteiger partial charge in [-0.05, 0) is 48.9 Å². The van der Waals surface area contributed by atoms with E-state index < -0.39 is 0 Å². The SMILES string of the molecule is c1cc2c(cc1N1CCCCC1)CCOC2. The van der Waals surface area contributed by atoms with Gasteiger partial charge in [-0.3, -0.25) is 0 Å². The number of hydrogen-bond donors (Lipinski definition) is 0. The Balaban J connectivity index is 1.84. The van der Waals surface area contributed by atoms with Crippen LogP contribution in [0.15, 0.2) is 18.2 Å². The summed E-state index contributed by atoms with van der Waals surface area (Å²) in [5.74, 6) is 0. The molecule has 0 aromatic heterocycles. The maximum Gasteiger partial charge on any atom is 0.0719 e. The molecule has 1 saturated heterocycles. The summed E-state index contributed by atoms with van der Waals surface area (Å²) in [6.07, 6.45) is 5.17. The number of nitrogens with zero attached hydrogens (tertiary/aromatic N) is 1. The van der Waals surface area contributed by atoms with Gasteiger partial charge in [0.05, 0.1) is 13.2 Å². The fourth-order valence-electron chi connectivity index (χ4n) is 2.70. The highest BCUT2D eigenvalue weighted by molar-refractivity contribution is 5.51. The van der Waals surface area contributed by atoms with Crippen molar-refractivity contribution in [3.05, 3.63) is 29.3 Å². The molecule has 0 bridgehead atoms. The Bertz CT molecular complexity index is 369. The zero-order valence-electron chi connectivity index (χ0n) is 9.74. The number of fused-ring (bicyclic) bond motifs is 1. The van der Waals surface area contributed by atoms with Gasteiger partial charge in [0.2, 0.25) is 0 Å². The van der Waals surface area contributed by atoms with E-state index in [1.165, 1.54) is 49.2 Å². The van der Waals surface area contributed by atoms with Crippen LogP contribution in [0.3, 0.4) is 0 Å². The minimum atomic E-state index is 0.801. The zero-order valence-corrected chi connectivity index (χ0v) is 9.74. The van der Waals surface area contributed by atoms with Crippen LogP contribution >= 0.6 is 0 Å². The highest BCUT2D eigenvalue weighted by atomic mass is 16.5. The maximum absolute atomic E-state index is 5.47. The molecule has 2 aliphatic rings. The second-order valence-electron chi connectivity index (χ2n) is 4.80. The van der Waals surface area contributed by atoms with Crippen LogP contribution in [0.25, 0.3) is 0 Å². The van der Waals surface area contributed by atoms with Gasteiger partial charge < -0.3 is 9.64 Å². The van der Waals surface area contributed by atoms with Gasteiger partial charge >= 0.3 is 0 Å². The van der Waals surface area contributed by atoms with E-state index in [-0.39, 0.29) is 0 Å². The van der Waals surface area contributed by atoms with Gasteiger partial charge in [0.15, 0.2) is 0 Å². The van der Waals surface area contributed by atoms with Gasteiger partial charge in [0, 0.05) is 18.8 Å². The average Bonchev–Trinajstić information content (AvgIpc) is 2.39. The standard InChI is InChI=1S/C14H19NO/c1-2-7-15(8-3-1)14-5-4-13-11-16-9-6-12(13)10-14/h4-5,10H,1-3,6-9,11H2. The van der Waals surface area contributed by atoms with Crippen molar-refractivity contribution in [1.29, 1.82) is 0 Å². The first-order valence-corrected chi connectivity index (χ1v) is 6.38. The molecule has 2 heterocycles. The van der Waals surface area contributed by atoms with Gasteiger partial charge in [-0.25, -0.2) is 0 Å². The lowest BCUT2D eigenvalue weighted by Gasteiger charge is -2.30. The number of anilines is 1. The van der Waals surface area contributed by atoms with Crippen LogP contribution in [0, 0.1) is 0 Å². The van der Waals surface area contributed by atoms with E-state index in [9.17, 15) is 0 Å². The minimum Gasteiger partial charge on any atom is -0.376 e. The first-order valence-electron chi connectivity index (χ1n) is 6.38. The largest absolute Gasteiger partial charge is 0.376 e.